The minimum atomic E-state index is -0.718. The molecule has 0 amide bonds. The van der Waals surface area contributed by atoms with Crippen LogP contribution in [0.5, 0.6) is 0 Å². The van der Waals surface area contributed by atoms with Crippen molar-refractivity contribution in [2.75, 3.05) is 33.5 Å². The molecule has 40 heavy (non-hydrogen) atoms. The van der Waals surface area contributed by atoms with Gasteiger partial charge < -0.3 is 37.9 Å². The zero-order valence-electron chi connectivity index (χ0n) is 23.5. The number of methoxy groups -OCH3 is 1. The second kappa shape index (κ2) is 15.7. The van der Waals surface area contributed by atoms with Gasteiger partial charge in [0, 0.05) is 25.5 Å². The number of hydrogen-bond acceptors (Lipinski definition) is 11. The predicted octanol–water partition coefficient (Wildman–Crippen LogP) is 3.86. The summed E-state index contributed by atoms with van der Waals surface area (Å²) in [4.78, 5) is 36.1. The van der Waals surface area contributed by atoms with E-state index in [2.05, 4.69) is 6.58 Å². The zero-order chi connectivity index (χ0) is 28.3. The van der Waals surface area contributed by atoms with E-state index in [0.29, 0.717) is 70.2 Å². The summed E-state index contributed by atoms with van der Waals surface area (Å²) in [7, 11) is 1.76. The maximum Gasteiger partial charge on any atom is 0.508 e. The van der Waals surface area contributed by atoms with E-state index in [9.17, 15) is 14.4 Å². The van der Waals surface area contributed by atoms with Crippen molar-refractivity contribution >= 4 is 18.1 Å². The van der Waals surface area contributed by atoms with Crippen LogP contribution in [0.4, 0.5) is 4.79 Å². The van der Waals surface area contributed by atoms with Gasteiger partial charge in [-0.15, -0.1) is 0 Å². The summed E-state index contributed by atoms with van der Waals surface area (Å²) >= 11 is 0. The van der Waals surface area contributed by atoms with E-state index in [1.165, 1.54) is 0 Å². The van der Waals surface area contributed by atoms with Gasteiger partial charge in [0.2, 0.25) is 0 Å². The molecule has 0 aromatic carbocycles. The molecule has 4 atom stereocenters. The third-order valence-electron chi connectivity index (χ3n) is 8.33. The highest BCUT2D eigenvalue weighted by molar-refractivity contribution is 5.81. The van der Waals surface area contributed by atoms with Gasteiger partial charge in [0.05, 0.1) is 38.4 Å². The van der Waals surface area contributed by atoms with Gasteiger partial charge in [-0.1, -0.05) is 6.58 Å². The maximum absolute atomic E-state index is 13.1. The SMILES string of the molecule is C=CC(=O)OCCCCOC(=O)OC1CCC(C(=O)O[C@@H]2CCO[C@@H]3CO[C@@H](C4CCC(OC)CC4)O[C@H]32)CC1. The van der Waals surface area contributed by atoms with Gasteiger partial charge in [-0.05, 0) is 64.2 Å². The summed E-state index contributed by atoms with van der Waals surface area (Å²) in [6.07, 6.45) is 7.13. The molecule has 0 spiro atoms. The molecule has 0 aromatic heterocycles. The van der Waals surface area contributed by atoms with Crippen LogP contribution in [0.2, 0.25) is 0 Å². The van der Waals surface area contributed by atoms with E-state index in [-0.39, 0.29) is 55.8 Å². The Hall–Kier alpha value is -2.21. The van der Waals surface area contributed by atoms with Crippen molar-refractivity contribution < 1.29 is 52.3 Å². The van der Waals surface area contributed by atoms with E-state index in [0.717, 1.165) is 31.8 Å². The Morgan fingerprint density at radius 2 is 1.55 bits per heavy atom. The molecule has 0 bridgehead atoms. The molecule has 2 saturated carbocycles. The summed E-state index contributed by atoms with van der Waals surface area (Å²) < 4.78 is 45.2. The first kappa shape index (κ1) is 30.7. The van der Waals surface area contributed by atoms with Gasteiger partial charge in [-0.25, -0.2) is 9.59 Å². The highest BCUT2D eigenvalue weighted by atomic mass is 16.7. The molecule has 11 heteroatoms. The van der Waals surface area contributed by atoms with Crippen molar-refractivity contribution in [2.24, 2.45) is 11.8 Å². The number of fused-ring (bicyclic) bond motifs is 1. The summed E-state index contributed by atoms with van der Waals surface area (Å²) in [6.45, 7) is 4.69. The summed E-state index contributed by atoms with van der Waals surface area (Å²) in [5.74, 6) is -0.639. The number of hydrogen-bond donors (Lipinski definition) is 0. The van der Waals surface area contributed by atoms with E-state index in [1.54, 1.807) is 7.11 Å². The topological polar surface area (TPSA) is 125 Å². The molecule has 0 radical (unpaired) electrons. The van der Waals surface area contributed by atoms with E-state index in [1.807, 2.05) is 0 Å². The van der Waals surface area contributed by atoms with Gasteiger partial charge in [0.1, 0.15) is 24.4 Å². The van der Waals surface area contributed by atoms with E-state index >= 15 is 0 Å². The lowest BCUT2D eigenvalue weighted by atomic mass is 9.86. The van der Waals surface area contributed by atoms with Crippen LogP contribution in [-0.4, -0.2) is 88.4 Å². The van der Waals surface area contributed by atoms with Crippen molar-refractivity contribution in [1.82, 2.24) is 0 Å². The van der Waals surface area contributed by atoms with Crippen molar-refractivity contribution in [2.45, 2.75) is 107 Å². The van der Waals surface area contributed by atoms with Crippen molar-refractivity contribution in [3.8, 4) is 0 Å². The number of ether oxygens (including phenoxy) is 8. The van der Waals surface area contributed by atoms with Crippen LogP contribution in [0.3, 0.4) is 0 Å². The molecule has 4 aliphatic rings. The molecular formula is C29H44O11. The maximum atomic E-state index is 13.1. The molecule has 2 aliphatic carbocycles. The first-order valence-corrected chi connectivity index (χ1v) is 14.7. The molecule has 4 rings (SSSR count). The second-order valence-electron chi connectivity index (χ2n) is 11.0. The zero-order valence-corrected chi connectivity index (χ0v) is 23.5. The highest BCUT2D eigenvalue weighted by Gasteiger charge is 2.45. The minimum absolute atomic E-state index is 0.182. The van der Waals surface area contributed by atoms with E-state index in [4.69, 9.17) is 37.9 Å². The number of unbranched alkanes of at least 4 members (excludes halogenated alkanes) is 1. The van der Waals surface area contributed by atoms with Gasteiger partial charge in [0.25, 0.3) is 0 Å². The number of esters is 2. The Morgan fingerprint density at radius 1 is 0.850 bits per heavy atom. The van der Waals surface area contributed by atoms with Crippen LogP contribution in [0, 0.1) is 11.8 Å². The van der Waals surface area contributed by atoms with Crippen molar-refractivity contribution in [3.05, 3.63) is 12.7 Å². The minimum Gasteiger partial charge on any atom is -0.463 e. The average Bonchev–Trinajstić information content (AvgIpc) is 2.99. The molecule has 0 N–H and O–H groups in total. The lowest BCUT2D eigenvalue weighted by Crippen LogP contribution is -2.57. The van der Waals surface area contributed by atoms with Crippen molar-refractivity contribution in [3.63, 3.8) is 0 Å². The molecule has 2 aliphatic heterocycles. The number of rotatable bonds is 11. The van der Waals surface area contributed by atoms with Crippen molar-refractivity contribution in [1.29, 1.82) is 0 Å². The number of carbonyl (C=O) groups excluding carboxylic acids is 3. The summed E-state index contributed by atoms with van der Waals surface area (Å²) in [6, 6.07) is 0. The Bertz CT molecular complexity index is 832. The van der Waals surface area contributed by atoms with Crippen LogP contribution in [0.25, 0.3) is 0 Å². The third-order valence-corrected chi connectivity index (χ3v) is 8.33. The average molecular weight is 569 g/mol. The second-order valence-corrected chi connectivity index (χ2v) is 11.0. The predicted molar refractivity (Wildman–Crippen MR) is 140 cm³/mol. The smallest absolute Gasteiger partial charge is 0.463 e. The fourth-order valence-corrected chi connectivity index (χ4v) is 5.93. The standard InChI is InChI=1S/C29H44O11/c1-3-25(30)35-15-4-5-16-36-29(32)38-22-12-6-19(7-13-22)27(31)39-23-14-17-34-24-18-37-28(40-26(23)24)20-8-10-21(33-2)11-9-20/h3,19-24,26,28H,1,4-18H2,2H3/t19?,20?,21?,22?,23-,24-,26+,28-/m1/s1. The Morgan fingerprint density at radius 3 is 2.25 bits per heavy atom. The molecule has 11 nitrogen and oxygen atoms in total. The van der Waals surface area contributed by atoms with E-state index < -0.39 is 12.1 Å². The molecule has 226 valence electrons. The van der Waals surface area contributed by atoms with Crippen LogP contribution in [0.15, 0.2) is 12.7 Å². The van der Waals surface area contributed by atoms with Gasteiger partial charge in [-0.3, -0.25) is 4.79 Å². The molecule has 4 fully saturated rings. The van der Waals surface area contributed by atoms with Crippen LogP contribution < -0.4 is 0 Å². The lowest BCUT2D eigenvalue weighted by Gasteiger charge is -2.45. The third kappa shape index (κ3) is 8.89. The first-order chi connectivity index (χ1) is 19.5. The molecule has 0 aromatic rings. The van der Waals surface area contributed by atoms with Crippen LogP contribution in [0.1, 0.15) is 70.6 Å². The van der Waals surface area contributed by atoms with Crippen LogP contribution in [-0.2, 0) is 47.5 Å². The largest absolute Gasteiger partial charge is 0.508 e. The van der Waals surface area contributed by atoms with Gasteiger partial charge >= 0.3 is 18.1 Å². The first-order valence-electron chi connectivity index (χ1n) is 14.7. The highest BCUT2D eigenvalue weighted by Crippen LogP contribution is 2.36. The molecular weight excluding hydrogens is 524 g/mol. The quantitative estimate of drug-likeness (QED) is 0.156. The summed E-state index contributed by atoms with van der Waals surface area (Å²) in [5, 5.41) is 0. The molecule has 2 heterocycles. The fourth-order valence-electron chi connectivity index (χ4n) is 5.93. The van der Waals surface area contributed by atoms with Gasteiger partial charge in [-0.2, -0.15) is 0 Å². The Labute approximate surface area is 236 Å². The lowest BCUT2D eigenvalue weighted by molar-refractivity contribution is -0.312. The molecule has 2 saturated heterocycles. The number of carbonyl (C=O) groups is 3. The Balaban J connectivity index is 1.14. The van der Waals surface area contributed by atoms with Gasteiger partial charge in [0.15, 0.2) is 6.29 Å². The monoisotopic (exact) mass is 568 g/mol. The van der Waals surface area contributed by atoms with Crippen LogP contribution >= 0.6 is 0 Å². The molecule has 0 unspecified atom stereocenters. The Kier molecular flexibility index (Phi) is 12.1. The summed E-state index contributed by atoms with van der Waals surface area (Å²) in [5.41, 5.74) is 0. The fraction of sp³-hybridized carbons (Fsp3) is 0.828. The normalized spacial score (nSPS) is 34.1.